The second-order valence-corrected chi connectivity index (χ2v) is 5.10. The third kappa shape index (κ3) is 4.22. The fourth-order valence-electron chi connectivity index (χ4n) is 2.02. The molecular formula is C13H25NO2. The van der Waals surface area contributed by atoms with E-state index in [1.807, 2.05) is 0 Å². The molecular weight excluding hydrogens is 202 g/mol. The van der Waals surface area contributed by atoms with Crippen molar-refractivity contribution >= 4 is 5.78 Å². The van der Waals surface area contributed by atoms with Crippen molar-refractivity contribution < 1.29 is 9.53 Å². The molecule has 0 aliphatic carbocycles. The minimum absolute atomic E-state index is 0.0882. The zero-order chi connectivity index (χ0) is 12.0. The molecule has 0 bridgehead atoms. The van der Waals surface area contributed by atoms with E-state index in [0.717, 1.165) is 19.4 Å². The van der Waals surface area contributed by atoms with E-state index in [0.29, 0.717) is 31.3 Å². The maximum Gasteiger partial charge on any atom is 0.139 e. The Morgan fingerprint density at radius 1 is 1.44 bits per heavy atom. The number of nitrogens with one attached hydrogen (secondary N) is 1. The van der Waals surface area contributed by atoms with Crippen LogP contribution in [0, 0.1) is 11.8 Å². The van der Waals surface area contributed by atoms with E-state index in [1.54, 1.807) is 0 Å². The van der Waals surface area contributed by atoms with Crippen LogP contribution >= 0.6 is 0 Å². The van der Waals surface area contributed by atoms with Crippen molar-refractivity contribution in [2.75, 3.05) is 19.8 Å². The number of ether oxygens (including phenoxy) is 1. The van der Waals surface area contributed by atoms with Gasteiger partial charge in [-0.1, -0.05) is 20.8 Å². The lowest BCUT2D eigenvalue weighted by atomic mass is 9.93. The Morgan fingerprint density at radius 3 is 2.81 bits per heavy atom. The number of ketones is 1. The summed E-state index contributed by atoms with van der Waals surface area (Å²) in [5, 5.41) is 3.40. The summed E-state index contributed by atoms with van der Waals surface area (Å²) < 4.78 is 5.41. The van der Waals surface area contributed by atoms with Crippen molar-refractivity contribution in [3.05, 3.63) is 0 Å². The smallest absolute Gasteiger partial charge is 0.139 e. The van der Waals surface area contributed by atoms with Crippen LogP contribution in [0.25, 0.3) is 0 Å². The molecule has 0 aromatic heterocycles. The Hall–Kier alpha value is -0.410. The van der Waals surface area contributed by atoms with Crippen LogP contribution in [0.5, 0.6) is 0 Å². The molecule has 1 heterocycles. The lowest BCUT2D eigenvalue weighted by molar-refractivity contribution is -0.123. The Morgan fingerprint density at radius 2 is 2.19 bits per heavy atom. The van der Waals surface area contributed by atoms with Crippen LogP contribution in [0.1, 0.15) is 40.0 Å². The minimum atomic E-state index is 0.0882. The first-order chi connectivity index (χ1) is 7.65. The quantitative estimate of drug-likeness (QED) is 0.723. The van der Waals surface area contributed by atoms with Gasteiger partial charge in [-0.3, -0.25) is 4.79 Å². The van der Waals surface area contributed by atoms with E-state index >= 15 is 0 Å². The molecule has 2 unspecified atom stereocenters. The molecule has 16 heavy (non-hydrogen) atoms. The van der Waals surface area contributed by atoms with Crippen LogP contribution in [0.15, 0.2) is 0 Å². The number of carbonyl (C=O) groups is 1. The monoisotopic (exact) mass is 227 g/mol. The average molecular weight is 227 g/mol. The topological polar surface area (TPSA) is 38.3 Å². The van der Waals surface area contributed by atoms with Crippen LogP contribution in [0.3, 0.4) is 0 Å². The second-order valence-electron chi connectivity index (χ2n) is 5.10. The molecule has 0 spiro atoms. The molecule has 3 nitrogen and oxygen atoms in total. The molecule has 3 heteroatoms. The third-order valence-electron chi connectivity index (χ3n) is 3.12. The van der Waals surface area contributed by atoms with Crippen molar-refractivity contribution in [2.24, 2.45) is 11.8 Å². The lowest BCUT2D eigenvalue weighted by Crippen LogP contribution is -2.39. The van der Waals surface area contributed by atoms with Crippen LogP contribution < -0.4 is 5.32 Å². The van der Waals surface area contributed by atoms with E-state index in [9.17, 15) is 4.79 Å². The molecule has 0 aromatic rings. The summed E-state index contributed by atoms with van der Waals surface area (Å²) in [7, 11) is 0. The lowest BCUT2D eigenvalue weighted by Gasteiger charge is -2.18. The Bertz CT molecular complexity index is 216. The second kappa shape index (κ2) is 7.02. The van der Waals surface area contributed by atoms with E-state index in [2.05, 4.69) is 26.1 Å². The highest BCUT2D eigenvalue weighted by Gasteiger charge is 2.32. The number of rotatable bonds is 7. The van der Waals surface area contributed by atoms with Gasteiger partial charge in [0, 0.05) is 12.5 Å². The largest absolute Gasteiger partial charge is 0.379 e. The summed E-state index contributed by atoms with van der Waals surface area (Å²) in [6.07, 6.45) is 2.80. The fourth-order valence-corrected chi connectivity index (χ4v) is 2.02. The van der Waals surface area contributed by atoms with Gasteiger partial charge in [-0.2, -0.15) is 0 Å². The van der Waals surface area contributed by atoms with Crippen LogP contribution in [-0.2, 0) is 9.53 Å². The Labute approximate surface area is 98.9 Å². The molecule has 1 rings (SSSR count). The average Bonchev–Trinajstić information content (AvgIpc) is 2.71. The van der Waals surface area contributed by atoms with Gasteiger partial charge in [0.05, 0.1) is 19.1 Å². The number of carbonyl (C=O) groups excluding carboxylic acids is 1. The number of hydrogen-bond acceptors (Lipinski definition) is 3. The normalized spacial score (nSPS) is 25.2. The van der Waals surface area contributed by atoms with E-state index in [1.165, 1.54) is 0 Å². The van der Waals surface area contributed by atoms with Crippen molar-refractivity contribution in [2.45, 2.75) is 46.1 Å². The summed E-state index contributed by atoms with van der Waals surface area (Å²) in [6.45, 7) is 8.73. The highest BCUT2D eigenvalue weighted by molar-refractivity contribution is 5.82. The molecule has 0 amide bonds. The Balaban J connectivity index is 2.35. The van der Waals surface area contributed by atoms with Crippen molar-refractivity contribution in [3.8, 4) is 0 Å². The highest BCUT2D eigenvalue weighted by atomic mass is 16.5. The molecule has 0 aromatic carbocycles. The van der Waals surface area contributed by atoms with Crippen molar-refractivity contribution in [1.82, 2.24) is 5.32 Å². The predicted molar refractivity (Wildman–Crippen MR) is 65.5 cm³/mol. The molecule has 0 radical (unpaired) electrons. The summed E-state index contributed by atoms with van der Waals surface area (Å²) in [6, 6.07) is 0.250. The van der Waals surface area contributed by atoms with E-state index in [4.69, 9.17) is 4.74 Å². The molecule has 1 fully saturated rings. The summed E-state index contributed by atoms with van der Waals surface area (Å²) in [5.74, 6) is 1.07. The zero-order valence-electron chi connectivity index (χ0n) is 10.8. The van der Waals surface area contributed by atoms with Gasteiger partial charge < -0.3 is 10.1 Å². The zero-order valence-corrected chi connectivity index (χ0v) is 10.8. The third-order valence-corrected chi connectivity index (χ3v) is 3.12. The predicted octanol–water partition coefficient (Wildman–Crippen LogP) is 2.01. The number of Topliss-reactive ketones (excluding diaryl/α,β-unsaturated/α-hetero) is 1. The summed E-state index contributed by atoms with van der Waals surface area (Å²) in [5.41, 5.74) is 0. The molecule has 0 saturated carbocycles. The van der Waals surface area contributed by atoms with Crippen LogP contribution in [0.2, 0.25) is 0 Å². The maximum atomic E-state index is 12.0. The van der Waals surface area contributed by atoms with Crippen LogP contribution in [-0.4, -0.2) is 31.6 Å². The minimum Gasteiger partial charge on any atom is -0.379 e. The van der Waals surface area contributed by atoms with Gasteiger partial charge in [0.1, 0.15) is 5.78 Å². The summed E-state index contributed by atoms with van der Waals surface area (Å²) in [4.78, 5) is 12.0. The molecule has 1 N–H and O–H groups in total. The first-order valence-electron chi connectivity index (χ1n) is 6.49. The van der Waals surface area contributed by atoms with Gasteiger partial charge in [-0.05, 0) is 25.3 Å². The molecule has 2 atom stereocenters. The first kappa shape index (κ1) is 13.7. The van der Waals surface area contributed by atoms with Gasteiger partial charge in [0.2, 0.25) is 0 Å². The summed E-state index contributed by atoms with van der Waals surface area (Å²) >= 11 is 0. The molecule has 1 saturated heterocycles. The van der Waals surface area contributed by atoms with E-state index < -0.39 is 0 Å². The van der Waals surface area contributed by atoms with Crippen LogP contribution in [0.4, 0.5) is 0 Å². The Kier molecular flexibility index (Phi) is 5.99. The highest BCUT2D eigenvalue weighted by Crippen LogP contribution is 2.18. The molecule has 94 valence electrons. The standard InChI is InChI=1S/C13H25NO2/c1-4-7-14-12-9-16-8-11(12)13(15)6-5-10(2)3/h10-12,14H,4-9H2,1-3H3. The van der Waals surface area contributed by atoms with Gasteiger partial charge in [-0.15, -0.1) is 0 Å². The van der Waals surface area contributed by atoms with Gasteiger partial charge in [0.15, 0.2) is 0 Å². The molecule has 1 aliphatic rings. The van der Waals surface area contributed by atoms with Crippen molar-refractivity contribution in [1.29, 1.82) is 0 Å². The van der Waals surface area contributed by atoms with Gasteiger partial charge >= 0.3 is 0 Å². The van der Waals surface area contributed by atoms with Crippen molar-refractivity contribution in [3.63, 3.8) is 0 Å². The fraction of sp³-hybridized carbons (Fsp3) is 0.923. The maximum absolute atomic E-state index is 12.0. The number of hydrogen-bond donors (Lipinski definition) is 1. The molecule has 1 aliphatic heterocycles. The van der Waals surface area contributed by atoms with Gasteiger partial charge in [-0.25, -0.2) is 0 Å². The van der Waals surface area contributed by atoms with E-state index in [-0.39, 0.29) is 12.0 Å². The first-order valence-corrected chi connectivity index (χ1v) is 6.49. The SMILES string of the molecule is CCCNC1COCC1C(=O)CCC(C)C. The van der Waals surface area contributed by atoms with Gasteiger partial charge in [0.25, 0.3) is 0 Å².